The Bertz CT molecular complexity index is 79.5. The van der Waals surface area contributed by atoms with Crippen molar-refractivity contribution in [3.8, 4) is 0 Å². The Balaban J connectivity index is 0. The molecule has 0 fully saturated rings. The van der Waals surface area contributed by atoms with E-state index in [1.807, 2.05) is 0 Å². The SMILES string of the molecule is CCCC.NP(N)(N)=O. The second-order valence-electron chi connectivity index (χ2n) is 1.76. The van der Waals surface area contributed by atoms with Gasteiger partial charge < -0.3 is 0 Å². The topological polar surface area (TPSA) is 95.1 Å². The Hall–Kier alpha value is 0.110. The third kappa shape index (κ3) is 246. The monoisotopic (exact) mass is 153 g/mol. The summed E-state index contributed by atoms with van der Waals surface area (Å²) in [5.41, 5.74) is 13.4. The van der Waals surface area contributed by atoms with Crippen LogP contribution >= 0.6 is 7.59 Å². The molecule has 0 radical (unpaired) electrons. The van der Waals surface area contributed by atoms with Gasteiger partial charge in [-0.1, -0.05) is 26.7 Å². The van der Waals surface area contributed by atoms with Crippen LogP contribution in [0.15, 0.2) is 0 Å². The van der Waals surface area contributed by atoms with E-state index in [4.69, 9.17) is 0 Å². The van der Waals surface area contributed by atoms with Gasteiger partial charge in [0, 0.05) is 0 Å². The Labute approximate surface area is 56.3 Å². The van der Waals surface area contributed by atoms with Crippen LogP contribution in [-0.4, -0.2) is 0 Å². The fourth-order valence-electron chi connectivity index (χ4n) is 0. The molecule has 0 aliphatic carbocycles. The lowest BCUT2D eigenvalue weighted by Gasteiger charge is -1.88. The predicted octanol–water partition coefficient (Wildman–Crippen LogP) is 0.777. The van der Waals surface area contributed by atoms with Crippen LogP contribution in [0.25, 0.3) is 0 Å². The molecule has 0 heterocycles. The van der Waals surface area contributed by atoms with Crippen molar-refractivity contribution in [2.45, 2.75) is 26.7 Å². The highest BCUT2D eigenvalue weighted by Crippen LogP contribution is 2.06. The first-order chi connectivity index (χ1) is 3.91. The van der Waals surface area contributed by atoms with E-state index < -0.39 is 7.59 Å². The highest BCUT2D eigenvalue weighted by molar-refractivity contribution is 7.56. The quantitative estimate of drug-likeness (QED) is 0.485. The van der Waals surface area contributed by atoms with E-state index in [1.54, 1.807) is 0 Å². The molecule has 0 aromatic carbocycles. The fraction of sp³-hybridized carbons (Fsp3) is 1.00. The van der Waals surface area contributed by atoms with Gasteiger partial charge in [0.05, 0.1) is 0 Å². The van der Waals surface area contributed by atoms with Crippen molar-refractivity contribution in [3.05, 3.63) is 0 Å². The van der Waals surface area contributed by atoms with Gasteiger partial charge in [-0.3, -0.25) is 21.1 Å². The normalized spacial score (nSPS) is 9.89. The zero-order chi connectivity index (χ0) is 7.91. The third-order valence-corrected chi connectivity index (χ3v) is 0.500. The van der Waals surface area contributed by atoms with Crippen LogP contribution in [0.4, 0.5) is 0 Å². The minimum absolute atomic E-state index is 1.32. The molecular formula is C4H16N3OP. The summed E-state index contributed by atoms with van der Waals surface area (Å²) in [6.45, 7) is 4.36. The maximum Gasteiger partial charge on any atom is 0.271 e. The molecule has 0 amide bonds. The highest BCUT2D eigenvalue weighted by atomic mass is 31.2. The molecule has 0 saturated carbocycles. The number of hydrogen-bond donors (Lipinski definition) is 3. The van der Waals surface area contributed by atoms with E-state index in [0.717, 1.165) is 0 Å². The van der Waals surface area contributed by atoms with Crippen molar-refractivity contribution in [2.24, 2.45) is 16.5 Å². The van der Waals surface area contributed by atoms with Gasteiger partial charge in [-0.15, -0.1) is 0 Å². The molecule has 58 valence electrons. The molecular weight excluding hydrogens is 137 g/mol. The smallest absolute Gasteiger partial charge is 0.271 e. The molecule has 0 aliphatic heterocycles. The maximum atomic E-state index is 9.55. The van der Waals surface area contributed by atoms with Crippen molar-refractivity contribution in [2.75, 3.05) is 0 Å². The van der Waals surface area contributed by atoms with Crippen molar-refractivity contribution in [1.29, 1.82) is 0 Å². The first-order valence-electron chi connectivity index (χ1n) is 2.87. The molecule has 0 aliphatic rings. The zero-order valence-corrected chi connectivity index (χ0v) is 6.90. The predicted molar refractivity (Wildman–Crippen MR) is 40.8 cm³/mol. The largest absolute Gasteiger partial charge is 0.272 e. The molecule has 0 rings (SSSR count). The van der Waals surface area contributed by atoms with Crippen molar-refractivity contribution in [3.63, 3.8) is 0 Å². The summed E-state index contributed by atoms with van der Waals surface area (Å²) < 4.78 is 9.55. The number of hydrogen-bond acceptors (Lipinski definition) is 1. The van der Waals surface area contributed by atoms with Gasteiger partial charge in [0.25, 0.3) is 7.59 Å². The first kappa shape index (κ1) is 11.9. The Morgan fingerprint density at radius 3 is 1.22 bits per heavy atom. The maximum absolute atomic E-state index is 9.55. The summed E-state index contributed by atoms with van der Waals surface area (Å²) in [4.78, 5) is 0. The van der Waals surface area contributed by atoms with Gasteiger partial charge in [-0.2, -0.15) is 0 Å². The average molecular weight is 153 g/mol. The second-order valence-corrected chi connectivity index (χ2v) is 3.29. The minimum atomic E-state index is -3.14. The van der Waals surface area contributed by atoms with E-state index in [0.29, 0.717) is 0 Å². The van der Waals surface area contributed by atoms with Gasteiger partial charge >= 0.3 is 0 Å². The lowest BCUT2D eigenvalue weighted by atomic mass is 10.4. The molecule has 0 atom stereocenters. The summed E-state index contributed by atoms with van der Waals surface area (Å²) >= 11 is 0. The number of nitrogens with two attached hydrogens (primary N) is 3. The fourth-order valence-corrected chi connectivity index (χ4v) is 0. The summed E-state index contributed by atoms with van der Waals surface area (Å²) in [5.74, 6) is 0. The van der Waals surface area contributed by atoms with Crippen molar-refractivity contribution >= 4 is 7.59 Å². The lowest BCUT2D eigenvalue weighted by Crippen LogP contribution is -2.12. The summed E-state index contributed by atoms with van der Waals surface area (Å²) in [5, 5.41) is 0. The third-order valence-electron chi connectivity index (χ3n) is 0.500. The van der Waals surface area contributed by atoms with Gasteiger partial charge in [-0.05, 0) is 0 Å². The lowest BCUT2D eigenvalue weighted by molar-refractivity contribution is 0.577. The van der Waals surface area contributed by atoms with E-state index in [1.165, 1.54) is 12.8 Å². The molecule has 0 aromatic rings. The second kappa shape index (κ2) is 6.23. The number of unbranched alkanes of at least 4 members (excludes halogenated alkanes) is 1. The molecule has 0 unspecified atom stereocenters. The average Bonchev–Trinajstić information content (AvgIpc) is 1.61. The standard InChI is InChI=1S/C4H10.H6N3OP/c1-3-4-2;1-5(2,3)4/h3-4H2,1-2H3;(H6,1,2,3,4). The van der Waals surface area contributed by atoms with Crippen molar-refractivity contribution in [1.82, 2.24) is 0 Å². The van der Waals surface area contributed by atoms with Crippen LogP contribution in [0.2, 0.25) is 0 Å². The molecule has 4 nitrogen and oxygen atoms in total. The zero-order valence-electron chi connectivity index (χ0n) is 6.00. The van der Waals surface area contributed by atoms with Crippen LogP contribution in [0, 0.1) is 0 Å². The molecule has 6 N–H and O–H groups in total. The van der Waals surface area contributed by atoms with Gasteiger partial charge in [0.1, 0.15) is 0 Å². The van der Waals surface area contributed by atoms with Crippen molar-refractivity contribution < 1.29 is 4.57 Å². The Morgan fingerprint density at radius 2 is 1.22 bits per heavy atom. The van der Waals surface area contributed by atoms with Gasteiger partial charge in [0.2, 0.25) is 0 Å². The van der Waals surface area contributed by atoms with E-state index in [2.05, 4.69) is 30.4 Å². The molecule has 5 heteroatoms. The van der Waals surface area contributed by atoms with Gasteiger partial charge in [-0.25, -0.2) is 0 Å². The van der Waals surface area contributed by atoms with Crippen LogP contribution in [0.1, 0.15) is 26.7 Å². The minimum Gasteiger partial charge on any atom is -0.272 e. The molecule has 0 bridgehead atoms. The van der Waals surface area contributed by atoms with E-state index in [-0.39, 0.29) is 0 Å². The molecule has 0 aromatic heterocycles. The van der Waals surface area contributed by atoms with E-state index in [9.17, 15) is 4.57 Å². The first-order valence-corrected chi connectivity index (χ1v) is 4.79. The summed E-state index contributed by atoms with van der Waals surface area (Å²) in [6, 6.07) is 0. The van der Waals surface area contributed by atoms with Gasteiger partial charge in [0.15, 0.2) is 0 Å². The van der Waals surface area contributed by atoms with Crippen LogP contribution < -0.4 is 16.5 Å². The molecule has 0 spiro atoms. The van der Waals surface area contributed by atoms with Crippen LogP contribution in [-0.2, 0) is 4.57 Å². The Morgan fingerprint density at radius 1 is 1.11 bits per heavy atom. The summed E-state index contributed by atoms with van der Waals surface area (Å²) in [6.07, 6.45) is 2.64. The Kier molecular flexibility index (Phi) is 8.21. The molecule has 0 saturated heterocycles. The summed E-state index contributed by atoms with van der Waals surface area (Å²) in [7, 11) is -3.14. The molecule has 9 heavy (non-hydrogen) atoms. The van der Waals surface area contributed by atoms with Crippen LogP contribution in [0.3, 0.4) is 0 Å². The highest BCUT2D eigenvalue weighted by Gasteiger charge is 1.90. The number of rotatable bonds is 1. The van der Waals surface area contributed by atoms with E-state index >= 15 is 0 Å². The van der Waals surface area contributed by atoms with Crippen LogP contribution in [0.5, 0.6) is 0 Å².